The van der Waals surface area contributed by atoms with Crippen LogP contribution in [0.4, 0.5) is 0 Å². The molecule has 0 aromatic carbocycles. The highest BCUT2D eigenvalue weighted by Gasteiger charge is 2.52. The Bertz CT molecular complexity index is 215. The molecule has 2 aliphatic rings. The number of aliphatic hydroxyl groups is 1. The van der Waals surface area contributed by atoms with Crippen LogP contribution in [0, 0.1) is 6.23 Å². The van der Waals surface area contributed by atoms with Crippen LogP contribution in [0.15, 0.2) is 0 Å². The molecule has 0 amide bonds. The SMILES string of the molecule is CC1(C)CC(O)CC(C)(C)N1[C]1CO1. The molecule has 2 saturated heterocycles. The van der Waals surface area contributed by atoms with Gasteiger partial charge in [0.2, 0.25) is 0 Å². The highest BCUT2D eigenvalue weighted by molar-refractivity contribution is 5.09. The third-order valence-electron chi connectivity index (χ3n) is 3.20. The van der Waals surface area contributed by atoms with Gasteiger partial charge in [0.1, 0.15) is 0 Å². The molecule has 0 aromatic heterocycles. The minimum absolute atomic E-state index is 0.00694. The quantitative estimate of drug-likeness (QED) is 0.649. The Morgan fingerprint density at radius 3 is 2.00 bits per heavy atom. The minimum Gasteiger partial charge on any atom is -0.393 e. The lowest BCUT2D eigenvalue weighted by molar-refractivity contribution is -0.0768. The van der Waals surface area contributed by atoms with Crippen LogP contribution in [-0.4, -0.2) is 33.8 Å². The zero-order valence-electron chi connectivity index (χ0n) is 9.50. The van der Waals surface area contributed by atoms with Crippen LogP contribution in [0.5, 0.6) is 0 Å². The van der Waals surface area contributed by atoms with Crippen molar-refractivity contribution in [2.45, 2.75) is 57.7 Å². The first-order chi connectivity index (χ1) is 6.33. The average Bonchev–Trinajstić information content (AvgIpc) is 2.62. The van der Waals surface area contributed by atoms with Gasteiger partial charge in [-0.1, -0.05) is 0 Å². The Morgan fingerprint density at radius 2 is 1.64 bits per heavy atom. The number of ether oxygens (including phenoxy) is 1. The van der Waals surface area contributed by atoms with Gasteiger partial charge in [-0.05, 0) is 40.5 Å². The molecule has 0 aliphatic carbocycles. The molecule has 2 aliphatic heterocycles. The zero-order valence-corrected chi connectivity index (χ0v) is 9.50. The summed E-state index contributed by atoms with van der Waals surface area (Å²) < 4.78 is 5.32. The average molecular weight is 198 g/mol. The van der Waals surface area contributed by atoms with Crippen LogP contribution in [0.2, 0.25) is 0 Å². The first-order valence-corrected chi connectivity index (χ1v) is 5.30. The van der Waals surface area contributed by atoms with Crippen molar-refractivity contribution in [1.29, 1.82) is 0 Å². The lowest BCUT2D eigenvalue weighted by Gasteiger charge is -2.53. The Balaban J connectivity index is 2.23. The number of rotatable bonds is 1. The molecule has 81 valence electrons. The molecule has 0 bridgehead atoms. The summed E-state index contributed by atoms with van der Waals surface area (Å²) in [7, 11) is 0. The number of piperidine rings is 1. The van der Waals surface area contributed by atoms with E-state index in [0.717, 1.165) is 25.7 Å². The summed E-state index contributed by atoms with van der Waals surface area (Å²) in [6.45, 7) is 9.46. The summed E-state index contributed by atoms with van der Waals surface area (Å²) in [5.41, 5.74) is 0.0139. The first-order valence-electron chi connectivity index (χ1n) is 5.30. The molecule has 0 atom stereocenters. The summed E-state index contributed by atoms with van der Waals surface area (Å²) in [4.78, 5) is 2.34. The van der Waals surface area contributed by atoms with E-state index in [1.54, 1.807) is 0 Å². The molecular weight excluding hydrogens is 178 g/mol. The van der Waals surface area contributed by atoms with Crippen LogP contribution < -0.4 is 0 Å². The van der Waals surface area contributed by atoms with Gasteiger partial charge in [0.05, 0.1) is 12.7 Å². The highest BCUT2D eigenvalue weighted by atomic mass is 16.6. The van der Waals surface area contributed by atoms with E-state index in [9.17, 15) is 5.11 Å². The van der Waals surface area contributed by atoms with Crippen molar-refractivity contribution in [3.05, 3.63) is 6.23 Å². The second kappa shape index (κ2) is 2.94. The Morgan fingerprint density at radius 1 is 1.21 bits per heavy atom. The van der Waals surface area contributed by atoms with Crippen molar-refractivity contribution < 1.29 is 9.84 Å². The van der Waals surface area contributed by atoms with E-state index >= 15 is 0 Å². The van der Waals surface area contributed by atoms with E-state index in [0.29, 0.717) is 0 Å². The number of nitrogens with zero attached hydrogens (tertiary/aromatic N) is 1. The van der Waals surface area contributed by atoms with Crippen molar-refractivity contribution in [3.8, 4) is 0 Å². The van der Waals surface area contributed by atoms with Crippen molar-refractivity contribution >= 4 is 0 Å². The molecule has 1 radical (unpaired) electrons. The fourth-order valence-electron chi connectivity index (χ4n) is 3.06. The van der Waals surface area contributed by atoms with E-state index < -0.39 is 0 Å². The fourth-order valence-corrected chi connectivity index (χ4v) is 3.06. The van der Waals surface area contributed by atoms with Crippen molar-refractivity contribution in [3.63, 3.8) is 0 Å². The Hall–Kier alpha value is -0.120. The number of hydrogen-bond acceptors (Lipinski definition) is 3. The van der Waals surface area contributed by atoms with Crippen LogP contribution in [0.3, 0.4) is 0 Å². The zero-order chi connectivity index (χ0) is 10.6. The Labute approximate surface area is 86.0 Å². The molecule has 14 heavy (non-hydrogen) atoms. The van der Waals surface area contributed by atoms with Gasteiger partial charge in [0.25, 0.3) is 0 Å². The standard InChI is InChI=1S/C11H20NO2/c1-10(2)5-8(13)6-11(3,4)12(10)9-7-14-9/h8,13H,5-7H2,1-4H3. The molecule has 0 saturated carbocycles. The lowest BCUT2D eigenvalue weighted by Crippen LogP contribution is -2.61. The molecule has 0 unspecified atom stereocenters. The predicted octanol–water partition coefficient (Wildman–Crippen LogP) is 1.52. The Kier molecular flexibility index (Phi) is 2.18. The summed E-state index contributed by atoms with van der Waals surface area (Å²) in [5, 5.41) is 9.82. The van der Waals surface area contributed by atoms with Gasteiger partial charge in [-0.25, -0.2) is 0 Å². The molecule has 1 N–H and O–H groups in total. The summed E-state index contributed by atoms with van der Waals surface area (Å²) >= 11 is 0. The van der Waals surface area contributed by atoms with E-state index in [1.165, 1.54) is 0 Å². The van der Waals surface area contributed by atoms with Crippen LogP contribution in [-0.2, 0) is 4.74 Å². The van der Waals surface area contributed by atoms with Crippen molar-refractivity contribution in [1.82, 2.24) is 4.90 Å². The molecule has 2 fully saturated rings. The highest BCUT2D eigenvalue weighted by Crippen LogP contribution is 2.45. The smallest absolute Gasteiger partial charge is 0.191 e. The maximum atomic E-state index is 9.82. The van der Waals surface area contributed by atoms with E-state index in [1.807, 2.05) is 0 Å². The van der Waals surface area contributed by atoms with E-state index in [4.69, 9.17) is 4.74 Å². The van der Waals surface area contributed by atoms with Crippen LogP contribution in [0.25, 0.3) is 0 Å². The second-order valence-corrected chi connectivity index (χ2v) is 5.70. The molecule has 3 nitrogen and oxygen atoms in total. The van der Waals surface area contributed by atoms with Crippen LogP contribution in [0.1, 0.15) is 40.5 Å². The molecular formula is C11H20NO2. The van der Waals surface area contributed by atoms with Crippen molar-refractivity contribution in [2.24, 2.45) is 0 Å². The van der Waals surface area contributed by atoms with Crippen LogP contribution >= 0.6 is 0 Å². The monoisotopic (exact) mass is 198 g/mol. The molecule has 0 spiro atoms. The molecule has 2 rings (SSSR count). The van der Waals surface area contributed by atoms with E-state index in [2.05, 4.69) is 32.6 Å². The fraction of sp³-hybridized carbons (Fsp3) is 0.909. The van der Waals surface area contributed by atoms with Gasteiger partial charge in [-0.3, -0.25) is 4.90 Å². The summed E-state index contributed by atoms with van der Waals surface area (Å²) in [5.74, 6) is 0. The first kappa shape index (κ1) is 10.4. The van der Waals surface area contributed by atoms with Gasteiger partial charge in [-0.2, -0.15) is 0 Å². The maximum Gasteiger partial charge on any atom is 0.191 e. The lowest BCUT2D eigenvalue weighted by atomic mass is 9.78. The minimum atomic E-state index is -0.185. The van der Waals surface area contributed by atoms with E-state index in [-0.39, 0.29) is 17.2 Å². The number of epoxide rings is 1. The molecule has 2 heterocycles. The van der Waals surface area contributed by atoms with Gasteiger partial charge < -0.3 is 9.84 Å². The number of aliphatic hydroxyl groups excluding tert-OH is 1. The van der Waals surface area contributed by atoms with Gasteiger partial charge in [-0.15, -0.1) is 0 Å². The van der Waals surface area contributed by atoms with Gasteiger partial charge in [0, 0.05) is 11.1 Å². The largest absolute Gasteiger partial charge is 0.393 e. The maximum absolute atomic E-state index is 9.82. The third-order valence-corrected chi connectivity index (χ3v) is 3.20. The van der Waals surface area contributed by atoms with Gasteiger partial charge >= 0.3 is 0 Å². The number of likely N-dealkylation sites (tertiary alicyclic amines) is 1. The predicted molar refractivity (Wildman–Crippen MR) is 54.4 cm³/mol. The number of hydrogen-bond donors (Lipinski definition) is 1. The van der Waals surface area contributed by atoms with Gasteiger partial charge in [0.15, 0.2) is 6.23 Å². The second-order valence-electron chi connectivity index (χ2n) is 5.70. The summed E-state index contributed by atoms with van der Waals surface area (Å²) in [6.07, 6.45) is 2.55. The normalized spacial score (nSPS) is 33.2. The molecule has 0 aromatic rings. The summed E-state index contributed by atoms with van der Waals surface area (Å²) in [6, 6.07) is 0. The van der Waals surface area contributed by atoms with Crippen molar-refractivity contribution in [2.75, 3.05) is 6.61 Å². The third kappa shape index (κ3) is 1.69. The molecule has 3 heteroatoms. The topological polar surface area (TPSA) is 36.0 Å².